The fraction of sp³-hybridized carbons (Fsp3) is 0.500. The van der Waals surface area contributed by atoms with E-state index in [1.165, 1.54) is 17.8 Å². The van der Waals surface area contributed by atoms with E-state index in [1.807, 2.05) is 17.5 Å². The third kappa shape index (κ3) is 5.13. The van der Waals surface area contributed by atoms with Crippen LogP contribution in [0.5, 0.6) is 0 Å². The molecule has 2 amide bonds. The molecular formula is C14H19N3O2S. The molecule has 2 N–H and O–H groups in total. The highest BCUT2D eigenvalue weighted by Crippen LogP contribution is 2.17. The fourth-order valence-electron chi connectivity index (χ4n) is 2.24. The molecular weight excluding hydrogens is 274 g/mol. The molecule has 1 heterocycles. The van der Waals surface area contributed by atoms with E-state index in [1.54, 1.807) is 6.21 Å². The Kier molecular flexibility index (Phi) is 5.73. The van der Waals surface area contributed by atoms with Crippen LogP contribution < -0.4 is 10.7 Å². The normalized spacial score (nSPS) is 16.2. The lowest BCUT2D eigenvalue weighted by Gasteiger charge is -2.22. The van der Waals surface area contributed by atoms with Gasteiger partial charge < -0.3 is 5.32 Å². The Morgan fingerprint density at radius 3 is 2.80 bits per heavy atom. The van der Waals surface area contributed by atoms with E-state index < -0.39 is 0 Å². The van der Waals surface area contributed by atoms with Crippen molar-refractivity contribution >= 4 is 29.4 Å². The van der Waals surface area contributed by atoms with Crippen LogP contribution >= 0.6 is 11.3 Å². The van der Waals surface area contributed by atoms with E-state index in [0.29, 0.717) is 0 Å². The molecule has 0 unspecified atom stereocenters. The van der Waals surface area contributed by atoms with Crippen molar-refractivity contribution < 1.29 is 9.59 Å². The summed E-state index contributed by atoms with van der Waals surface area (Å²) < 4.78 is 0. The predicted octanol–water partition coefficient (Wildman–Crippen LogP) is 2.04. The maximum absolute atomic E-state index is 11.7. The first-order chi connectivity index (χ1) is 9.74. The minimum absolute atomic E-state index is 0.168. The highest BCUT2D eigenvalue weighted by molar-refractivity contribution is 7.11. The van der Waals surface area contributed by atoms with E-state index in [2.05, 4.69) is 15.8 Å². The van der Waals surface area contributed by atoms with Crippen molar-refractivity contribution in [3.8, 4) is 0 Å². The minimum atomic E-state index is -0.383. The highest BCUT2D eigenvalue weighted by Gasteiger charge is 2.17. The number of hydrazone groups is 1. The molecule has 1 aromatic rings. The average Bonchev–Trinajstić information content (AvgIpc) is 2.93. The first-order valence-electron chi connectivity index (χ1n) is 6.89. The Hall–Kier alpha value is -1.69. The van der Waals surface area contributed by atoms with Crippen molar-refractivity contribution in [3.05, 3.63) is 22.4 Å². The first-order valence-corrected chi connectivity index (χ1v) is 7.77. The van der Waals surface area contributed by atoms with Crippen molar-refractivity contribution in [2.45, 2.75) is 44.6 Å². The third-order valence-electron chi connectivity index (χ3n) is 3.22. The van der Waals surface area contributed by atoms with E-state index in [4.69, 9.17) is 0 Å². The number of amides is 2. The standard InChI is InChI=1S/C14H19N3O2S/c18-13(16-11-5-2-1-3-6-11)9-14(19)17-15-10-12-7-4-8-20-12/h4,7-8,10-11H,1-3,5-6,9H2,(H,16,18)(H,17,19). The van der Waals surface area contributed by atoms with Gasteiger partial charge in [-0.25, -0.2) is 5.43 Å². The number of nitrogens with one attached hydrogen (secondary N) is 2. The molecule has 1 aliphatic rings. The molecule has 1 fully saturated rings. The zero-order valence-electron chi connectivity index (χ0n) is 11.3. The molecule has 5 nitrogen and oxygen atoms in total. The van der Waals surface area contributed by atoms with Crippen LogP contribution in [0.3, 0.4) is 0 Å². The average molecular weight is 293 g/mol. The summed E-state index contributed by atoms with van der Waals surface area (Å²) in [6.07, 6.45) is 6.99. The van der Waals surface area contributed by atoms with Crippen molar-refractivity contribution in [3.63, 3.8) is 0 Å². The largest absolute Gasteiger partial charge is 0.353 e. The van der Waals surface area contributed by atoms with Crippen LogP contribution in [-0.2, 0) is 9.59 Å². The van der Waals surface area contributed by atoms with Crippen molar-refractivity contribution in [2.24, 2.45) is 5.10 Å². The molecule has 20 heavy (non-hydrogen) atoms. The van der Waals surface area contributed by atoms with Crippen molar-refractivity contribution in [1.82, 2.24) is 10.7 Å². The van der Waals surface area contributed by atoms with Gasteiger partial charge in [0.25, 0.3) is 0 Å². The van der Waals surface area contributed by atoms with Crippen LogP contribution in [0.4, 0.5) is 0 Å². The zero-order chi connectivity index (χ0) is 14.2. The number of carbonyl (C=O) groups is 2. The third-order valence-corrected chi connectivity index (χ3v) is 4.02. The Morgan fingerprint density at radius 2 is 2.10 bits per heavy atom. The molecule has 0 aliphatic heterocycles. The van der Waals surface area contributed by atoms with Crippen LogP contribution in [0.1, 0.15) is 43.4 Å². The van der Waals surface area contributed by atoms with Gasteiger partial charge in [0, 0.05) is 10.9 Å². The minimum Gasteiger partial charge on any atom is -0.353 e. The summed E-state index contributed by atoms with van der Waals surface area (Å²) in [6, 6.07) is 4.04. The summed E-state index contributed by atoms with van der Waals surface area (Å²) in [5.74, 6) is -0.605. The van der Waals surface area contributed by atoms with Crippen LogP contribution in [0, 0.1) is 0 Å². The summed E-state index contributed by atoms with van der Waals surface area (Å²) in [7, 11) is 0. The zero-order valence-corrected chi connectivity index (χ0v) is 12.1. The van der Waals surface area contributed by atoms with Gasteiger partial charge in [0.15, 0.2) is 0 Å². The number of rotatable bonds is 5. The Morgan fingerprint density at radius 1 is 1.30 bits per heavy atom. The van der Waals surface area contributed by atoms with Gasteiger partial charge in [-0.3, -0.25) is 9.59 Å². The topological polar surface area (TPSA) is 70.6 Å². The Bertz CT molecular complexity index is 465. The van der Waals surface area contributed by atoms with E-state index in [0.717, 1.165) is 30.6 Å². The lowest BCUT2D eigenvalue weighted by atomic mass is 9.95. The van der Waals surface area contributed by atoms with Gasteiger partial charge in [0.2, 0.25) is 11.8 Å². The molecule has 2 rings (SSSR count). The van der Waals surface area contributed by atoms with Crippen molar-refractivity contribution in [2.75, 3.05) is 0 Å². The maximum Gasteiger partial charge on any atom is 0.249 e. The molecule has 6 heteroatoms. The molecule has 0 radical (unpaired) electrons. The van der Waals surface area contributed by atoms with Crippen LogP contribution in [0.2, 0.25) is 0 Å². The van der Waals surface area contributed by atoms with E-state index >= 15 is 0 Å². The molecule has 0 bridgehead atoms. The second kappa shape index (κ2) is 7.79. The van der Waals surface area contributed by atoms with Gasteiger partial charge >= 0.3 is 0 Å². The maximum atomic E-state index is 11.7. The quantitative estimate of drug-likeness (QED) is 0.495. The highest BCUT2D eigenvalue weighted by atomic mass is 32.1. The van der Waals surface area contributed by atoms with E-state index in [9.17, 15) is 9.59 Å². The molecule has 108 valence electrons. The van der Waals surface area contributed by atoms with Crippen molar-refractivity contribution in [1.29, 1.82) is 0 Å². The molecule has 1 aromatic heterocycles. The first kappa shape index (κ1) is 14.7. The van der Waals surface area contributed by atoms with Crippen LogP contribution in [-0.4, -0.2) is 24.1 Å². The van der Waals surface area contributed by atoms with Gasteiger partial charge in [-0.2, -0.15) is 5.10 Å². The molecule has 1 aliphatic carbocycles. The van der Waals surface area contributed by atoms with Gasteiger partial charge in [-0.15, -0.1) is 11.3 Å². The van der Waals surface area contributed by atoms with Gasteiger partial charge in [-0.1, -0.05) is 25.3 Å². The fourth-order valence-corrected chi connectivity index (χ4v) is 2.83. The monoisotopic (exact) mass is 293 g/mol. The summed E-state index contributed by atoms with van der Waals surface area (Å²) in [5, 5.41) is 8.65. The molecule has 1 saturated carbocycles. The summed E-state index contributed by atoms with van der Waals surface area (Å²) in [6.45, 7) is 0. The predicted molar refractivity (Wildman–Crippen MR) is 79.7 cm³/mol. The number of hydrogen-bond donors (Lipinski definition) is 2. The second-order valence-corrected chi connectivity index (χ2v) is 5.87. The number of carbonyl (C=O) groups excluding carboxylic acids is 2. The lowest BCUT2D eigenvalue weighted by Crippen LogP contribution is -2.38. The smallest absolute Gasteiger partial charge is 0.249 e. The molecule has 0 atom stereocenters. The summed E-state index contributed by atoms with van der Waals surface area (Å²) in [5.41, 5.74) is 2.37. The second-order valence-electron chi connectivity index (χ2n) is 4.89. The number of nitrogens with zero attached hydrogens (tertiary/aromatic N) is 1. The molecule has 0 saturated heterocycles. The van der Waals surface area contributed by atoms with E-state index in [-0.39, 0.29) is 24.3 Å². The Balaban J connectivity index is 1.66. The van der Waals surface area contributed by atoms with Gasteiger partial charge in [0.05, 0.1) is 6.21 Å². The SMILES string of the molecule is O=C(CC(=O)NC1CCCCC1)NN=Cc1cccs1. The summed E-state index contributed by atoms with van der Waals surface area (Å²) in [4.78, 5) is 24.2. The van der Waals surface area contributed by atoms with Crippen LogP contribution in [0.15, 0.2) is 22.6 Å². The number of hydrogen-bond acceptors (Lipinski definition) is 4. The lowest BCUT2D eigenvalue weighted by molar-refractivity contribution is -0.129. The summed E-state index contributed by atoms with van der Waals surface area (Å²) >= 11 is 1.53. The number of thiophene rings is 1. The van der Waals surface area contributed by atoms with Crippen LogP contribution in [0.25, 0.3) is 0 Å². The van der Waals surface area contributed by atoms with Gasteiger partial charge in [-0.05, 0) is 24.3 Å². The molecule has 0 aromatic carbocycles. The molecule has 0 spiro atoms. The van der Waals surface area contributed by atoms with Gasteiger partial charge in [0.1, 0.15) is 6.42 Å². The Labute approximate surface area is 122 Å².